The molecule has 1 fully saturated rings. The number of hydrazine groups is 1. The Morgan fingerprint density at radius 2 is 2.08 bits per heavy atom. The first-order valence-electron chi connectivity index (χ1n) is 4.23. The molecule has 2 unspecified atom stereocenters. The predicted molar refractivity (Wildman–Crippen MR) is 54.9 cm³/mol. The number of benzene rings is 1. The van der Waals surface area contributed by atoms with Crippen molar-refractivity contribution in [3.05, 3.63) is 30.3 Å². The number of hydrogen-bond acceptors (Lipinski definition) is 3. The zero-order valence-corrected chi connectivity index (χ0v) is 8.16. The van der Waals surface area contributed by atoms with Gasteiger partial charge >= 0.3 is 0 Å². The summed E-state index contributed by atoms with van der Waals surface area (Å²) in [7, 11) is 0. The number of ether oxygens (including phenoxy) is 1. The van der Waals surface area contributed by atoms with Gasteiger partial charge in [0.25, 0.3) is 0 Å². The summed E-state index contributed by atoms with van der Waals surface area (Å²) in [5, 5.41) is 1.98. The summed E-state index contributed by atoms with van der Waals surface area (Å²) in [5.41, 5.74) is 4.01. The number of anilines is 1. The smallest absolute Gasteiger partial charge is 0.244 e. The van der Waals surface area contributed by atoms with E-state index in [9.17, 15) is 0 Å². The first-order chi connectivity index (χ1) is 6.27. The molecule has 0 saturated carbocycles. The fourth-order valence-electron chi connectivity index (χ4n) is 1.40. The lowest BCUT2D eigenvalue weighted by Gasteiger charge is -2.17. The molecule has 0 spiro atoms. The standard InChI is InChI=1S/C9H12N2OS/c1-7-11(10-9(13)12-7)8-5-3-2-4-6-8/h2-7,9-10,13H,1H3. The van der Waals surface area contributed by atoms with Crippen molar-refractivity contribution in [2.24, 2.45) is 0 Å². The number of para-hydroxylation sites is 1. The number of nitrogens with one attached hydrogen (secondary N) is 1. The van der Waals surface area contributed by atoms with Crippen LogP contribution >= 0.6 is 0 Å². The molecule has 1 aromatic rings. The molecule has 2 atom stereocenters. The van der Waals surface area contributed by atoms with E-state index in [4.69, 9.17) is 12.6 Å². The molecule has 1 aromatic carbocycles. The number of rotatable bonds is 1. The second-order valence-electron chi connectivity index (χ2n) is 2.97. The van der Waals surface area contributed by atoms with Gasteiger partial charge in [0, 0.05) is 6.92 Å². The van der Waals surface area contributed by atoms with Crippen molar-refractivity contribution in [2.45, 2.75) is 18.7 Å². The zero-order chi connectivity index (χ0) is 9.26. The van der Waals surface area contributed by atoms with Gasteiger partial charge in [-0.2, -0.15) is 5.43 Å². The van der Waals surface area contributed by atoms with E-state index < -0.39 is 0 Å². The molecule has 0 aromatic heterocycles. The Balaban J connectivity index is 2.18. The van der Waals surface area contributed by atoms with Crippen molar-refractivity contribution in [3.8, 4) is 0 Å². The second-order valence-corrected chi connectivity index (χ2v) is 3.41. The van der Waals surface area contributed by atoms with Crippen LogP contribution in [0.5, 0.6) is 0 Å². The van der Waals surface area contributed by atoms with E-state index >= 15 is 0 Å². The van der Waals surface area contributed by atoms with Gasteiger partial charge in [-0.05, 0) is 12.1 Å². The van der Waals surface area contributed by atoms with E-state index in [0.717, 1.165) is 5.69 Å². The highest BCUT2D eigenvalue weighted by molar-refractivity contribution is 7.59. The largest absolute Gasteiger partial charge is 0.684 e. The predicted octanol–water partition coefficient (Wildman–Crippen LogP) is 0.716. The third kappa shape index (κ3) is 1.80. The molecular weight excluding hydrogens is 184 g/mol. The van der Waals surface area contributed by atoms with Gasteiger partial charge in [-0.15, -0.1) is 0 Å². The molecular formula is C9H12N2OS. The van der Waals surface area contributed by atoms with Crippen LogP contribution in [0.3, 0.4) is 0 Å². The zero-order valence-electron chi connectivity index (χ0n) is 7.34. The van der Waals surface area contributed by atoms with Crippen LogP contribution in [0.25, 0.3) is 0 Å². The van der Waals surface area contributed by atoms with Gasteiger partial charge in [0.1, 0.15) is 5.56 Å². The Hall–Kier alpha value is -0.710. The highest BCUT2D eigenvalue weighted by atomic mass is 32.1. The molecule has 1 aliphatic heterocycles. The van der Waals surface area contributed by atoms with Crippen LogP contribution < -0.4 is 10.4 Å². The summed E-state index contributed by atoms with van der Waals surface area (Å²) >= 11 is 5.04. The van der Waals surface area contributed by atoms with Gasteiger partial charge in [-0.1, -0.05) is 18.2 Å². The summed E-state index contributed by atoms with van der Waals surface area (Å²) in [5.74, 6) is 0. The molecule has 3 nitrogen and oxygen atoms in total. The maximum Gasteiger partial charge on any atom is 0.244 e. The van der Waals surface area contributed by atoms with E-state index in [1.165, 1.54) is 0 Å². The maximum absolute atomic E-state index is 5.04. The summed E-state index contributed by atoms with van der Waals surface area (Å²) in [6, 6.07) is 10.1. The average Bonchev–Trinajstić information content (AvgIpc) is 2.47. The molecule has 1 heterocycles. The van der Waals surface area contributed by atoms with Crippen molar-refractivity contribution in [1.29, 1.82) is 0 Å². The average molecular weight is 196 g/mol. The van der Waals surface area contributed by atoms with Crippen LogP contribution in [-0.2, 0) is 12.6 Å². The molecule has 0 amide bonds. The van der Waals surface area contributed by atoms with Crippen LogP contribution in [0.2, 0.25) is 0 Å². The molecule has 1 saturated heterocycles. The van der Waals surface area contributed by atoms with Crippen molar-refractivity contribution < 1.29 is 4.74 Å². The van der Waals surface area contributed by atoms with E-state index in [0.29, 0.717) is 0 Å². The van der Waals surface area contributed by atoms with E-state index in [1.807, 2.05) is 42.3 Å². The highest BCUT2D eigenvalue weighted by Gasteiger charge is 2.27. The van der Waals surface area contributed by atoms with Gasteiger partial charge in [-0.3, -0.25) is 0 Å². The van der Waals surface area contributed by atoms with Crippen molar-refractivity contribution in [3.63, 3.8) is 0 Å². The van der Waals surface area contributed by atoms with Gasteiger partial charge < -0.3 is 17.4 Å². The van der Waals surface area contributed by atoms with Crippen molar-refractivity contribution in [1.82, 2.24) is 5.43 Å². The lowest BCUT2D eigenvalue weighted by molar-refractivity contribution is -0.0682. The SMILES string of the molecule is CC1[OH+]C([S-])NN1c1ccccc1. The third-order valence-electron chi connectivity index (χ3n) is 2.01. The van der Waals surface area contributed by atoms with E-state index in [2.05, 4.69) is 10.2 Å². The molecule has 2 N–H and O–H groups in total. The molecule has 13 heavy (non-hydrogen) atoms. The summed E-state index contributed by atoms with van der Waals surface area (Å²) in [6.07, 6.45) is 0.116. The highest BCUT2D eigenvalue weighted by Crippen LogP contribution is 2.17. The second kappa shape index (κ2) is 3.57. The van der Waals surface area contributed by atoms with E-state index in [-0.39, 0.29) is 11.8 Å². The lowest BCUT2D eigenvalue weighted by atomic mass is 10.3. The molecule has 0 bridgehead atoms. The molecule has 0 aliphatic carbocycles. The quantitative estimate of drug-likeness (QED) is 0.530. The lowest BCUT2D eigenvalue weighted by Crippen LogP contribution is -2.37. The minimum absolute atomic E-state index is 0.116. The first-order valence-corrected chi connectivity index (χ1v) is 4.71. The Morgan fingerprint density at radius 3 is 2.62 bits per heavy atom. The fourth-order valence-corrected chi connectivity index (χ4v) is 1.69. The monoisotopic (exact) mass is 196 g/mol. The topological polar surface area (TPSA) is 28.1 Å². The summed E-state index contributed by atoms with van der Waals surface area (Å²) in [6.45, 7) is 2.02. The minimum Gasteiger partial charge on any atom is -0.684 e. The first kappa shape index (κ1) is 8.87. The number of aliphatic hydroxyl groups is 2. The molecule has 0 radical (unpaired) electrons. The Kier molecular flexibility index (Phi) is 2.44. The molecule has 1 aliphatic rings. The Morgan fingerprint density at radius 1 is 1.38 bits per heavy atom. The normalized spacial score (nSPS) is 28.0. The molecule has 2 rings (SSSR count). The Labute approximate surface area is 83.1 Å². The number of nitrogens with zero attached hydrogens (tertiary/aromatic N) is 1. The third-order valence-corrected chi connectivity index (χ3v) is 2.24. The van der Waals surface area contributed by atoms with Crippen LogP contribution in [0.15, 0.2) is 30.3 Å². The maximum atomic E-state index is 5.04. The molecule has 70 valence electrons. The summed E-state index contributed by atoms with van der Waals surface area (Å²) < 4.78 is 4.28. The molecule has 4 heteroatoms. The number of hydrogen-bond donors (Lipinski definition) is 1. The van der Waals surface area contributed by atoms with Gasteiger partial charge in [0.05, 0.1) is 5.69 Å². The summed E-state index contributed by atoms with van der Waals surface area (Å²) in [4.78, 5) is 0. The fraction of sp³-hybridized carbons (Fsp3) is 0.333. The van der Waals surface area contributed by atoms with Gasteiger partial charge in [0.2, 0.25) is 6.23 Å². The Bertz CT molecular complexity index is 280. The van der Waals surface area contributed by atoms with Crippen LogP contribution in [-0.4, -0.2) is 16.5 Å². The van der Waals surface area contributed by atoms with Crippen molar-refractivity contribution >= 4 is 18.3 Å². The van der Waals surface area contributed by atoms with Crippen LogP contribution in [0, 0.1) is 0 Å². The van der Waals surface area contributed by atoms with Crippen LogP contribution in [0.4, 0.5) is 5.69 Å². The minimum atomic E-state index is -0.199. The van der Waals surface area contributed by atoms with Crippen molar-refractivity contribution in [2.75, 3.05) is 5.01 Å². The van der Waals surface area contributed by atoms with Gasteiger partial charge in [-0.25, -0.2) is 5.01 Å². The van der Waals surface area contributed by atoms with E-state index in [1.54, 1.807) is 0 Å². The van der Waals surface area contributed by atoms with Gasteiger partial charge in [0.15, 0.2) is 0 Å². The van der Waals surface area contributed by atoms with Crippen LogP contribution in [0.1, 0.15) is 6.92 Å².